The van der Waals surface area contributed by atoms with Crippen molar-refractivity contribution in [2.75, 3.05) is 0 Å². The van der Waals surface area contributed by atoms with E-state index in [0.29, 0.717) is 0 Å². The van der Waals surface area contributed by atoms with Crippen molar-refractivity contribution in [1.82, 2.24) is 0 Å². The van der Waals surface area contributed by atoms with Gasteiger partial charge in [0.2, 0.25) is 5.91 Å². The Bertz CT molecular complexity index is 352. The van der Waals surface area contributed by atoms with E-state index in [1.807, 2.05) is 18.2 Å². The van der Waals surface area contributed by atoms with Crippen LogP contribution in [0.5, 0.6) is 0 Å². The third-order valence-corrected chi connectivity index (χ3v) is 1.89. The van der Waals surface area contributed by atoms with Crippen LogP contribution in [0.25, 0.3) is 6.08 Å². The molecule has 0 aliphatic carbocycles. The molecule has 2 nitrogen and oxygen atoms in total. The molecule has 0 aromatic heterocycles. The first-order valence-electron chi connectivity index (χ1n) is 4.96. The van der Waals surface area contributed by atoms with Crippen LogP contribution in [-0.4, -0.2) is 5.91 Å². The highest BCUT2D eigenvalue weighted by Gasteiger charge is 1.83. The number of primary amides is 1. The van der Waals surface area contributed by atoms with E-state index in [-0.39, 0.29) is 5.91 Å². The van der Waals surface area contributed by atoms with E-state index in [0.717, 1.165) is 12.8 Å². The maximum atomic E-state index is 10.4. The van der Waals surface area contributed by atoms with Gasteiger partial charge in [-0.25, -0.2) is 0 Å². The average molecular weight is 201 g/mol. The maximum Gasteiger partial charge on any atom is 0.241 e. The second-order valence-electron chi connectivity index (χ2n) is 3.20. The van der Waals surface area contributed by atoms with Crippen LogP contribution in [0.15, 0.2) is 48.6 Å². The quantitative estimate of drug-likeness (QED) is 0.577. The van der Waals surface area contributed by atoms with Crippen LogP contribution in [0.3, 0.4) is 0 Å². The molecule has 2 heteroatoms. The van der Waals surface area contributed by atoms with Gasteiger partial charge in [0.25, 0.3) is 0 Å². The summed E-state index contributed by atoms with van der Waals surface area (Å²) in [6.07, 6.45) is 9.09. The fourth-order valence-electron chi connectivity index (χ4n) is 1.18. The van der Waals surface area contributed by atoms with Crippen LogP contribution in [0, 0.1) is 0 Å². The van der Waals surface area contributed by atoms with Gasteiger partial charge >= 0.3 is 0 Å². The van der Waals surface area contributed by atoms with Crippen molar-refractivity contribution in [3.63, 3.8) is 0 Å². The second kappa shape index (κ2) is 6.60. The van der Waals surface area contributed by atoms with Gasteiger partial charge in [0.1, 0.15) is 0 Å². The van der Waals surface area contributed by atoms with E-state index in [4.69, 9.17) is 5.73 Å². The molecule has 0 atom stereocenters. The number of amides is 1. The Labute approximate surface area is 90.1 Å². The molecule has 78 valence electrons. The molecule has 0 fully saturated rings. The molecule has 1 aromatic rings. The highest BCUT2D eigenvalue weighted by atomic mass is 16.1. The highest BCUT2D eigenvalue weighted by Crippen LogP contribution is 2.03. The van der Waals surface area contributed by atoms with Gasteiger partial charge in [0, 0.05) is 0 Å². The van der Waals surface area contributed by atoms with Crippen molar-refractivity contribution < 1.29 is 4.79 Å². The van der Waals surface area contributed by atoms with Crippen molar-refractivity contribution in [3.05, 3.63) is 54.1 Å². The minimum atomic E-state index is -0.387. The van der Waals surface area contributed by atoms with Gasteiger partial charge in [-0.1, -0.05) is 48.6 Å². The summed E-state index contributed by atoms with van der Waals surface area (Å²) in [5.41, 5.74) is 6.15. The van der Waals surface area contributed by atoms with E-state index in [1.54, 1.807) is 6.08 Å². The Hall–Kier alpha value is -1.83. The van der Waals surface area contributed by atoms with Crippen molar-refractivity contribution in [1.29, 1.82) is 0 Å². The number of hydrogen-bond acceptors (Lipinski definition) is 1. The van der Waals surface area contributed by atoms with Gasteiger partial charge in [0.05, 0.1) is 0 Å². The van der Waals surface area contributed by atoms with Crippen LogP contribution in [0.1, 0.15) is 18.4 Å². The molecule has 1 amide bonds. The van der Waals surface area contributed by atoms with E-state index < -0.39 is 0 Å². The monoisotopic (exact) mass is 201 g/mol. The number of hydrogen-bond donors (Lipinski definition) is 1. The Kier molecular flexibility index (Phi) is 4.95. The lowest BCUT2D eigenvalue weighted by Gasteiger charge is -1.90. The average Bonchev–Trinajstić information content (AvgIpc) is 2.24. The number of rotatable bonds is 5. The predicted molar refractivity (Wildman–Crippen MR) is 63.0 cm³/mol. The molecule has 1 rings (SSSR count). The minimum Gasteiger partial charge on any atom is -0.366 e. The van der Waals surface area contributed by atoms with Crippen LogP contribution < -0.4 is 5.73 Å². The minimum absolute atomic E-state index is 0.387. The Morgan fingerprint density at radius 1 is 1.13 bits per heavy atom. The van der Waals surface area contributed by atoms with Crippen LogP contribution in [0.4, 0.5) is 0 Å². The summed E-state index contributed by atoms with van der Waals surface area (Å²) in [4.78, 5) is 10.4. The van der Waals surface area contributed by atoms with Gasteiger partial charge < -0.3 is 5.73 Å². The van der Waals surface area contributed by atoms with E-state index >= 15 is 0 Å². The standard InChI is InChI=1S/C13H15NO/c14-13(15)11-7-2-1-4-8-12-9-5-3-6-10-12/h3-11H,1-2H2,(H2,14,15). The molecular weight excluding hydrogens is 186 g/mol. The lowest BCUT2D eigenvalue weighted by molar-refractivity contribution is -0.113. The number of unbranched alkanes of at least 4 members (excludes halogenated alkanes) is 1. The summed E-state index contributed by atoms with van der Waals surface area (Å²) in [7, 11) is 0. The molecule has 2 N–H and O–H groups in total. The zero-order valence-corrected chi connectivity index (χ0v) is 8.60. The van der Waals surface area contributed by atoms with Gasteiger partial charge in [0.15, 0.2) is 0 Å². The highest BCUT2D eigenvalue weighted by molar-refractivity contribution is 5.85. The molecule has 0 aliphatic rings. The second-order valence-corrected chi connectivity index (χ2v) is 3.20. The molecule has 0 aliphatic heterocycles. The maximum absolute atomic E-state index is 10.4. The predicted octanol–water partition coefficient (Wildman–Crippen LogP) is 2.52. The van der Waals surface area contributed by atoms with Crippen molar-refractivity contribution in [2.45, 2.75) is 12.8 Å². The molecule has 0 bridgehead atoms. The van der Waals surface area contributed by atoms with Crippen LogP contribution in [-0.2, 0) is 4.79 Å². The Balaban J connectivity index is 2.26. The van der Waals surface area contributed by atoms with Crippen molar-refractivity contribution in [2.24, 2.45) is 5.73 Å². The molecule has 1 aromatic carbocycles. The van der Waals surface area contributed by atoms with E-state index in [2.05, 4.69) is 24.3 Å². The van der Waals surface area contributed by atoms with E-state index in [9.17, 15) is 4.79 Å². The first-order valence-corrected chi connectivity index (χ1v) is 4.96. The molecule has 0 heterocycles. The third kappa shape index (κ3) is 5.47. The van der Waals surface area contributed by atoms with Crippen LogP contribution >= 0.6 is 0 Å². The van der Waals surface area contributed by atoms with Gasteiger partial charge in [-0.15, -0.1) is 0 Å². The fourth-order valence-corrected chi connectivity index (χ4v) is 1.18. The van der Waals surface area contributed by atoms with Crippen LogP contribution in [0.2, 0.25) is 0 Å². The Morgan fingerprint density at radius 2 is 1.80 bits per heavy atom. The molecule has 0 radical (unpaired) electrons. The first-order chi connectivity index (χ1) is 7.29. The summed E-state index contributed by atoms with van der Waals surface area (Å²) >= 11 is 0. The Morgan fingerprint density at radius 3 is 2.47 bits per heavy atom. The third-order valence-electron chi connectivity index (χ3n) is 1.89. The van der Waals surface area contributed by atoms with E-state index in [1.165, 1.54) is 11.6 Å². The molecular formula is C13H15NO. The topological polar surface area (TPSA) is 43.1 Å². The summed E-state index contributed by atoms with van der Waals surface area (Å²) in [5.74, 6) is -0.387. The smallest absolute Gasteiger partial charge is 0.241 e. The largest absolute Gasteiger partial charge is 0.366 e. The lowest BCUT2D eigenvalue weighted by Crippen LogP contribution is -2.05. The molecule has 15 heavy (non-hydrogen) atoms. The normalized spacial score (nSPS) is 11.2. The number of benzene rings is 1. The molecule has 0 unspecified atom stereocenters. The zero-order valence-electron chi connectivity index (χ0n) is 8.60. The SMILES string of the molecule is NC(=O)C=CCCC=Cc1ccccc1. The fraction of sp³-hybridized carbons (Fsp3) is 0.154. The lowest BCUT2D eigenvalue weighted by atomic mass is 10.2. The number of carbonyl (C=O) groups is 1. The van der Waals surface area contributed by atoms with Gasteiger partial charge in [-0.3, -0.25) is 4.79 Å². The number of allylic oxidation sites excluding steroid dienone is 2. The van der Waals surface area contributed by atoms with Gasteiger partial charge in [-0.2, -0.15) is 0 Å². The van der Waals surface area contributed by atoms with Gasteiger partial charge in [-0.05, 0) is 24.5 Å². The molecule has 0 saturated heterocycles. The van der Waals surface area contributed by atoms with Crippen molar-refractivity contribution >= 4 is 12.0 Å². The summed E-state index contributed by atoms with van der Waals surface area (Å²) < 4.78 is 0. The number of carbonyl (C=O) groups excluding carboxylic acids is 1. The summed E-state index contributed by atoms with van der Waals surface area (Å²) in [6, 6.07) is 10.1. The molecule has 0 saturated carbocycles. The zero-order chi connectivity index (χ0) is 10.9. The molecule has 0 spiro atoms. The summed E-state index contributed by atoms with van der Waals surface area (Å²) in [5, 5.41) is 0. The first kappa shape index (κ1) is 11.2. The van der Waals surface area contributed by atoms with Crippen molar-refractivity contribution in [3.8, 4) is 0 Å². The number of nitrogens with two attached hydrogens (primary N) is 1. The summed E-state index contributed by atoms with van der Waals surface area (Å²) in [6.45, 7) is 0.